The average molecular weight is 720 g/mol. The van der Waals surface area contributed by atoms with E-state index in [-0.39, 0.29) is 4.32 Å². The fraction of sp³-hybridized carbons (Fsp3) is 0.105. The maximum atomic E-state index is 12.9. The van der Waals surface area contributed by atoms with Gasteiger partial charge < -0.3 is 10.1 Å². The van der Waals surface area contributed by atoms with Crippen molar-refractivity contribution in [2.24, 2.45) is 0 Å². The molecule has 3 amide bonds. The Morgan fingerprint density at radius 1 is 1.26 bits per heavy atom. The summed E-state index contributed by atoms with van der Waals surface area (Å²) in [6.07, 6.45) is 1.72. The summed E-state index contributed by atoms with van der Waals surface area (Å²) >= 11 is 22.6. The largest absolute Gasteiger partial charge is 0.492 e. The molecule has 162 valence electrons. The summed E-state index contributed by atoms with van der Waals surface area (Å²) < 4.78 is 7.90. The van der Waals surface area contributed by atoms with Crippen LogP contribution in [0.1, 0.15) is 12.5 Å². The lowest BCUT2D eigenvalue weighted by atomic mass is 10.2. The third kappa shape index (κ3) is 6.16. The Labute approximate surface area is 225 Å². The minimum atomic E-state index is -0.644. The van der Waals surface area contributed by atoms with Gasteiger partial charge in [-0.2, -0.15) is 5.01 Å². The molecule has 0 spiro atoms. The minimum absolute atomic E-state index is 0.207. The van der Waals surface area contributed by atoms with Gasteiger partial charge in [0.15, 0.2) is 4.32 Å². The van der Waals surface area contributed by atoms with Crippen LogP contribution in [0.2, 0.25) is 10.0 Å². The smallest absolute Gasteiger partial charge is 0.338 e. The first kappa shape index (κ1) is 24.8. The van der Waals surface area contributed by atoms with Crippen LogP contribution in [0.15, 0.2) is 35.2 Å². The van der Waals surface area contributed by atoms with Crippen molar-refractivity contribution in [3.05, 3.63) is 58.0 Å². The molecule has 1 fully saturated rings. The number of nitrogens with zero attached hydrogens (tertiary/aromatic N) is 1. The molecule has 0 saturated carbocycles. The van der Waals surface area contributed by atoms with Crippen molar-refractivity contribution in [2.75, 3.05) is 11.9 Å². The fourth-order valence-electron chi connectivity index (χ4n) is 2.52. The van der Waals surface area contributed by atoms with Gasteiger partial charge in [0.1, 0.15) is 5.75 Å². The van der Waals surface area contributed by atoms with Crippen LogP contribution < -0.4 is 15.5 Å². The van der Waals surface area contributed by atoms with E-state index in [0.717, 1.165) is 29.5 Å². The number of halogens is 4. The second-order valence-corrected chi connectivity index (χ2v) is 10.8. The number of thioether (sulfide) groups is 1. The highest BCUT2D eigenvalue weighted by atomic mass is 127. The number of thiocarbonyl (C=S) groups is 1. The van der Waals surface area contributed by atoms with Gasteiger partial charge in [-0.1, -0.05) is 35.0 Å². The summed E-state index contributed by atoms with van der Waals surface area (Å²) in [5, 5.41) is 4.28. The van der Waals surface area contributed by atoms with Gasteiger partial charge in [-0.25, -0.2) is 10.2 Å². The molecule has 0 aliphatic carbocycles. The van der Waals surface area contributed by atoms with Gasteiger partial charge in [0.05, 0.1) is 25.1 Å². The zero-order valence-corrected chi connectivity index (χ0v) is 23.1. The SMILES string of the molecule is CCOc1c(I)cc(I)cc1/C=C1/SC(=S)N(NC(=O)Nc2ccc(Cl)c(Cl)c2)C1=O. The van der Waals surface area contributed by atoms with E-state index in [9.17, 15) is 9.59 Å². The third-order valence-corrected chi connectivity index (χ3v) is 7.26. The number of rotatable bonds is 5. The number of hydrazine groups is 1. The monoisotopic (exact) mass is 719 g/mol. The van der Waals surface area contributed by atoms with E-state index in [2.05, 4.69) is 55.9 Å². The number of carbonyl (C=O) groups excluding carboxylic acids is 2. The van der Waals surface area contributed by atoms with E-state index in [1.807, 2.05) is 19.1 Å². The van der Waals surface area contributed by atoms with Gasteiger partial charge in [-0.3, -0.25) is 4.79 Å². The van der Waals surface area contributed by atoms with E-state index in [4.69, 9.17) is 40.2 Å². The van der Waals surface area contributed by atoms with Gasteiger partial charge in [-0.15, -0.1) is 0 Å². The molecule has 0 radical (unpaired) electrons. The molecule has 2 aromatic carbocycles. The number of hydrogen-bond donors (Lipinski definition) is 2. The first-order valence-corrected chi connectivity index (χ1v) is 12.8. The summed E-state index contributed by atoms with van der Waals surface area (Å²) in [5.41, 5.74) is 3.64. The van der Waals surface area contributed by atoms with Crippen molar-refractivity contribution in [3.8, 4) is 5.75 Å². The van der Waals surface area contributed by atoms with Crippen molar-refractivity contribution >= 4 is 120 Å². The molecule has 12 heteroatoms. The summed E-state index contributed by atoms with van der Waals surface area (Å²) in [4.78, 5) is 25.6. The molecule has 2 N–H and O–H groups in total. The topological polar surface area (TPSA) is 70.7 Å². The predicted molar refractivity (Wildman–Crippen MR) is 147 cm³/mol. The van der Waals surface area contributed by atoms with E-state index < -0.39 is 11.9 Å². The van der Waals surface area contributed by atoms with Crippen LogP contribution >= 0.6 is 92.4 Å². The van der Waals surface area contributed by atoms with Crippen molar-refractivity contribution in [1.29, 1.82) is 0 Å². The van der Waals surface area contributed by atoms with Gasteiger partial charge in [0.25, 0.3) is 5.91 Å². The molecule has 1 aliphatic rings. The Hall–Kier alpha value is -0.800. The third-order valence-electron chi connectivity index (χ3n) is 3.80. The number of carbonyl (C=O) groups is 2. The van der Waals surface area contributed by atoms with Crippen LogP contribution in [-0.2, 0) is 4.79 Å². The Bertz CT molecular complexity index is 1120. The number of nitrogens with one attached hydrogen (secondary N) is 2. The van der Waals surface area contributed by atoms with Crippen LogP contribution in [0.4, 0.5) is 10.5 Å². The normalized spacial score (nSPS) is 14.9. The quantitative estimate of drug-likeness (QED) is 0.209. The zero-order valence-electron chi connectivity index (χ0n) is 15.7. The standard InChI is InChI=1S/C19H13Cl2I2N3O3S2/c1-2-29-16-9(5-10(22)7-14(16)23)6-15-17(27)26(19(30)31-15)25-18(28)24-11-3-4-12(20)13(21)8-11/h3-8H,2H2,1H3,(H2,24,25,28)/b15-6+. The lowest BCUT2D eigenvalue weighted by molar-refractivity contribution is -0.123. The first-order chi connectivity index (χ1) is 14.7. The highest BCUT2D eigenvalue weighted by molar-refractivity contribution is 14.1. The first-order valence-electron chi connectivity index (χ1n) is 8.62. The molecule has 3 rings (SSSR count). The summed E-state index contributed by atoms with van der Waals surface area (Å²) in [6, 6.07) is 7.91. The van der Waals surface area contributed by atoms with Crippen molar-refractivity contribution in [2.45, 2.75) is 6.92 Å². The molecule has 0 unspecified atom stereocenters. The van der Waals surface area contributed by atoms with Gasteiger partial charge >= 0.3 is 6.03 Å². The molecular weight excluding hydrogens is 707 g/mol. The molecule has 1 heterocycles. The molecule has 0 bridgehead atoms. The second-order valence-electron chi connectivity index (χ2n) is 5.95. The maximum Gasteiger partial charge on any atom is 0.338 e. The summed E-state index contributed by atoms with van der Waals surface area (Å²) in [5.74, 6) is 0.259. The Kier molecular flexibility index (Phi) is 8.72. The Morgan fingerprint density at radius 2 is 2.00 bits per heavy atom. The lowest BCUT2D eigenvalue weighted by Gasteiger charge is -2.16. The molecule has 0 atom stereocenters. The highest BCUT2D eigenvalue weighted by Gasteiger charge is 2.34. The van der Waals surface area contributed by atoms with Crippen molar-refractivity contribution in [3.63, 3.8) is 0 Å². The molecule has 6 nitrogen and oxygen atoms in total. The van der Waals surface area contributed by atoms with Crippen LogP contribution in [-0.4, -0.2) is 27.9 Å². The van der Waals surface area contributed by atoms with E-state index >= 15 is 0 Å². The van der Waals surface area contributed by atoms with Gasteiger partial charge in [-0.05, 0) is 101 Å². The van der Waals surface area contributed by atoms with Crippen molar-refractivity contribution in [1.82, 2.24) is 10.4 Å². The van der Waals surface area contributed by atoms with Gasteiger partial charge in [0.2, 0.25) is 0 Å². The molecule has 0 aromatic heterocycles. The van der Waals surface area contributed by atoms with E-state index in [1.54, 1.807) is 18.2 Å². The maximum absolute atomic E-state index is 12.9. The lowest BCUT2D eigenvalue weighted by Crippen LogP contribution is -2.46. The molecule has 1 aliphatic heterocycles. The second kappa shape index (κ2) is 10.9. The number of ether oxygens (including phenoxy) is 1. The fourth-order valence-corrected chi connectivity index (χ4v) is 6.04. The van der Waals surface area contributed by atoms with Crippen LogP contribution in [0.25, 0.3) is 6.08 Å². The van der Waals surface area contributed by atoms with Crippen molar-refractivity contribution < 1.29 is 14.3 Å². The molecule has 31 heavy (non-hydrogen) atoms. The molecule has 2 aromatic rings. The summed E-state index contributed by atoms with van der Waals surface area (Å²) in [7, 11) is 0. The average Bonchev–Trinajstić information content (AvgIpc) is 2.95. The van der Waals surface area contributed by atoms with E-state index in [0.29, 0.717) is 33.0 Å². The Balaban J connectivity index is 1.78. The van der Waals surface area contributed by atoms with Crippen LogP contribution in [0.5, 0.6) is 5.75 Å². The number of hydrogen-bond acceptors (Lipinski definition) is 5. The zero-order chi connectivity index (χ0) is 22.7. The predicted octanol–water partition coefficient (Wildman–Crippen LogP) is 6.54. The molecular formula is C19H13Cl2I2N3O3S2. The summed E-state index contributed by atoms with van der Waals surface area (Å²) in [6.45, 7) is 2.39. The molecule has 1 saturated heterocycles. The Morgan fingerprint density at radius 3 is 2.68 bits per heavy atom. The number of amides is 3. The number of anilines is 1. The van der Waals surface area contributed by atoms with Gasteiger partial charge in [0, 0.05) is 14.8 Å². The van der Waals surface area contributed by atoms with Crippen LogP contribution in [0.3, 0.4) is 0 Å². The minimum Gasteiger partial charge on any atom is -0.492 e. The van der Waals surface area contributed by atoms with Crippen LogP contribution in [0, 0.1) is 7.14 Å². The number of urea groups is 1. The number of benzene rings is 2. The highest BCUT2D eigenvalue weighted by Crippen LogP contribution is 2.36. The van der Waals surface area contributed by atoms with E-state index in [1.165, 1.54) is 6.07 Å².